The SMILES string of the molecule is C[C@@H]1CC[C@H]2[C@@H](C)[C@](O)(CF)O[C@@H]3O[C@]4(C)CC[C@@H]1[C@]32OO4. The topological polar surface area (TPSA) is 57.2 Å². The molecule has 1 saturated carbocycles. The summed E-state index contributed by atoms with van der Waals surface area (Å²) in [5, 5.41) is 10.6. The molecule has 2 bridgehead atoms. The minimum atomic E-state index is -1.81. The molecule has 4 aliphatic heterocycles. The normalized spacial score (nSPS) is 60.7. The Kier molecular flexibility index (Phi) is 3.22. The third-order valence-corrected chi connectivity index (χ3v) is 6.59. The van der Waals surface area contributed by atoms with Gasteiger partial charge < -0.3 is 14.6 Å². The van der Waals surface area contributed by atoms with E-state index >= 15 is 0 Å². The molecule has 4 saturated heterocycles. The maximum absolute atomic E-state index is 13.5. The van der Waals surface area contributed by atoms with Crippen LogP contribution in [0.1, 0.15) is 46.5 Å². The van der Waals surface area contributed by atoms with Crippen molar-refractivity contribution in [3.63, 3.8) is 0 Å². The second kappa shape index (κ2) is 4.63. The van der Waals surface area contributed by atoms with E-state index < -0.39 is 30.1 Å². The zero-order chi connectivity index (χ0) is 15.8. The largest absolute Gasteiger partial charge is 0.363 e. The van der Waals surface area contributed by atoms with Gasteiger partial charge in [-0.15, -0.1) is 0 Å². The fourth-order valence-corrected chi connectivity index (χ4v) is 5.15. The standard InChI is InChI=1S/C16H25FO5/c1-9-4-5-12-10(2)15(18,8-17)20-13-16(12)11(9)6-7-14(3,19-13)21-22-16/h9-13,18H,4-8H2,1-3H3/t9-,10-,11+,12+,13+,14+,15+,16-/m1/s1. The smallest absolute Gasteiger partial charge is 0.201 e. The lowest BCUT2D eigenvalue weighted by Crippen LogP contribution is -2.73. The number of ether oxygens (including phenoxy) is 2. The van der Waals surface area contributed by atoms with E-state index in [0.29, 0.717) is 12.3 Å². The molecule has 5 aliphatic rings. The van der Waals surface area contributed by atoms with Crippen molar-refractivity contribution in [2.45, 2.75) is 69.9 Å². The Morgan fingerprint density at radius 2 is 1.86 bits per heavy atom. The van der Waals surface area contributed by atoms with Crippen LogP contribution in [0.2, 0.25) is 0 Å². The van der Waals surface area contributed by atoms with Crippen LogP contribution in [-0.4, -0.2) is 35.2 Å². The van der Waals surface area contributed by atoms with Crippen LogP contribution in [0.25, 0.3) is 0 Å². The molecule has 22 heavy (non-hydrogen) atoms. The summed E-state index contributed by atoms with van der Waals surface area (Å²) in [5.74, 6) is -2.44. The summed E-state index contributed by atoms with van der Waals surface area (Å²) in [7, 11) is 0. The summed E-state index contributed by atoms with van der Waals surface area (Å²) in [5.41, 5.74) is -0.742. The minimum absolute atomic E-state index is 0.0455. The average molecular weight is 316 g/mol. The fraction of sp³-hybridized carbons (Fsp3) is 1.00. The third-order valence-electron chi connectivity index (χ3n) is 6.59. The molecule has 0 aromatic rings. The first-order chi connectivity index (χ1) is 10.3. The van der Waals surface area contributed by atoms with Gasteiger partial charge >= 0.3 is 0 Å². The van der Waals surface area contributed by atoms with Gasteiger partial charge in [-0.2, -0.15) is 0 Å². The van der Waals surface area contributed by atoms with Gasteiger partial charge in [-0.05, 0) is 38.0 Å². The summed E-state index contributed by atoms with van der Waals surface area (Å²) in [6.45, 7) is 4.92. The Labute approximate surface area is 130 Å². The van der Waals surface area contributed by atoms with Gasteiger partial charge in [0.25, 0.3) is 0 Å². The van der Waals surface area contributed by atoms with Gasteiger partial charge in [0.2, 0.25) is 5.79 Å². The number of aliphatic hydroxyl groups is 1. The summed E-state index contributed by atoms with van der Waals surface area (Å²) >= 11 is 0. The molecule has 0 radical (unpaired) electrons. The molecule has 5 fully saturated rings. The van der Waals surface area contributed by atoms with E-state index in [4.69, 9.17) is 19.2 Å². The Hall–Kier alpha value is -0.270. The van der Waals surface area contributed by atoms with Crippen LogP contribution < -0.4 is 0 Å². The third kappa shape index (κ3) is 1.76. The van der Waals surface area contributed by atoms with Crippen molar-refractivity contribution >= 4 is 0 Å². The average Bonchev–Trinajstić information content (AvgIpc) is 2.71. The van der Waals surface area contributed by atoms with Crippen LogP contribution in [0.4, 0.5) is 4.39 Å². The summed E-state index contributed by atoms with van der Waals surface area (Å²) in [6.07, 6.45) is 2.73. The number of fused-ring (bicyclic) bond motifs is 2. The molecule has 1 N–H and O–H groups in total. The lowest BCUT2D eigenvalue weighted by atomic mass is 9.57. The quantitative estimate of drug-likeness (QED) is 0.753. The number of hydrogen-bond donors (Lipinski definition) is 1. The van der Waals surface area contributed by atoms with E-state index in [9.17, 15) is 9.50 Å². The van der Waals surface area contributed by atoms with Crippen LogP contribution >= 0.6 is 0 Å². The number of rotatable bonds is 1. The fourth-order valence-electron chi connectivity index (χ4n) is 5.15. The number of halogens is 1. The van der Waals surface area contributed by atoms with Crippen molar-refractivity contribution in [1.29, 1.82) is 0 Å². The first-order valence-corrected chi connectivity index (χ1v) is 8.35. The molecule has 4 heterocycles. The molecular formula is C16H25FO5. The molecule has 6 heteroatoms. The van der Waals surface area contributed by atoms with E-state index in [2.05, 4.69) is 6.92 Å². The van der Waals surface area contributed by atoms with Crippen molar-refractivity contribution < 1.29 is 28.7 Å². The Morgan fingerprint density at radius 1 is 1.09 bits per heavy atom. The summed E-state index contributed by atoms with van der Waals surface area (Å²) < 4.78 is 25.3. The summed E-state index contributed by atoms with van der Waals surface area (Å²) in [6, 6.07) is 0. The molecule has 0 aromatic heterocycles. The zero-order valence-corrected chi connectivity index (χ0v) is 13.4. The Balaban J connectivity index is 1.82. The molecule has 5 rings (SSSR count). The van der Waals surface area contributed by atoms with Gasteiger partial charge in [-0.25, -0.2) is 14.2 Å². The van der Waals surface area contributed by atoms with Gasteiger partial charge in [0, 0.05) is 18.3 Å². The van der Waals surface area contributed by atoms with E-state index in [1.165, 1.54) is 0 Å². The van der Waals surface area contributed by atoms with Gasteiger partial charge in [0.15, 0.2) is 17.7 Å². The minimum Gasteiger partial charge on any atom is -0.363 e. The van der Waals surface area contributed by atoms with Gasteiger partial charge in [0.05, 0.1) is 0 Å². The molecule has 1 aliphatic carbocycles. The van der Waals surface area contributed by atoms with Gasteiger partial charge in [-0.1, -0.05) is 13.8 Å². The van der Waals surface area contributed by atoms with Crippen molar-refractivity contribution in [2.24, 2.45) is 23.7 Å². The van der Waals surface area contributed by atoms with Crippen LogP contribution in [-0.2, 0) is 19.2 Å². The van der Waals surface area contributed by atoms with Gasteiger partial charge in [0.1, 0.15) is 6.67 Å². The molecule has 5 nitrogen and oxygen atoms in total. The lowest BCUT2D eigenvalue weighted by Gasteiger charge is -2.61. The van der Waals surface area contributed by atoms with Crippen molar-refractivity contribution in [2.75, 3.05) is 6.67 Å². The van der Waals surface area contributed by atoms with Crippen molar-refractivity contribution in [1.82, 2.24) is 0 Å². The molecule has 0 amide bonds. The van der Waals surface area contributed by atoms with Crippen LogP contribution in [0.5, 0.6) is 0 Å². The van der Waals surface area contributed by atoms with Gasteiger partial charge in [-0.3, -0.25) is 0 Å². The second-order valence-electron chi connectivity index (χ2n) is 7.80. The van der Waals surface area contributed by atoms with E-state index in [1.807, 2.05) is 13.8 Å². The highest BCUT2D eigenvalue weighted by molar-refractivity contribution is 5.10. The molecule has 8 atom stereocenters. The Bertz CT molecular complexity index is 475. The molecule has 126 valence electrons. The zero-order valence-electron chi connectivity index (χ0n) is 13.4. The van der Waals surface area contributed by atoms with Crippen LogP contribution in [0.15, 0.2) is 0 Å². The monoisotopic (exact) mass is 316 g/mol. The lowest BCUT2D eigenvalue weighted by molar-refractivity contribution is -0.585. The van der Waals surface area contributed by atoms with Crippen LogP contribution in [0, 0.1) is 23.7 Å². The predicted octanol–water partition coefficient (Wildman–Crippen LogP) is 2.53. The number of alkyl halides is 1. The highest BCUT2D eigenvalue weighted by Gasteiger charge is 2.71. The maximum atomic E-state index is 13.5. The van der Waals surface area contributed by atoms with Crippen LogP contribution in [0.3, 0.4) is 0 Å². The predicted molar refractivity (Wildman–Crippen MR) is 74.0 cm³/mol. The van der Waals surface area contributed by atoms with Crippen molar-refractivity contribution in [3.8, 4) is 0 Å². The van der Waals surface area contributed by atoms with E-state index in [1.54, 1.807) is 0 Å². The molecule has 1 spiro atoms. The maximum Gasteiger partial charge on any atom is 0.201 e. The van der Waals surface area contributed by atoms with Crippen molar-refractivity contribution in [3.05, 3.63) is 0 Å². The number of hydrogen-bond acceptors (Lipinski definition) is 5. The second-order valence-corrected chi connectivity index (χ2v) is 7.80. The first-order valence-electron chi connectivity index (χ1n) is 8.35. The Morgan fingerprint density at radius 3 is 2.59 bits per heavy atom. The highest BCUT2D eigenvalue weighted by atomic mass is 19.1. The highest BCUT2D eigenvalue weighted by Crippen LogP contribution is 2.61. The molecule has 0 unspecified atom stereocenters. The summed E-state index contributed by atoms with van der Waals surface area (Å²) in [4.78, 5) is 11.6. The van der Waals surface area contributed by atoms with E-state index in [0.717, 1.165) is 19.3 Å². The molecule has 0 aromatic carbocycles. The first kappa shape index (κ1) is 15.3. The molecular weight excluding hydrogens is 291 g/mol. The van der Waals surface area contributed by atoms with E-state index in [-0.39, 0.29) is 17.8 Å².